The summed E-state index contributed by atoms with van der Waals surface area (Å²) in [7, 11) is 0. The van der Waals surface area contributed by atoms with E-state index in [0.29, 0.717) is 11.1 Å². The van der Waals surface area contributed by atoms with E-state index in [-0.39, 0.29) is 11.5 Å². The fourth-order valence-electron chi connectivity index (χ4n) is 1.34. The topological polar surface area (TPSA) is 29.5 Å². The molecule has 1 aromatic rings. The minimum Gasteiger partial charge on any atom is -0.507 e. The van der Waals surface area contributed by atoms with E-state index in [9.17, 15) is 18.3 Å². The lowest BCUT2D eigenvalue weighted by Crippen LogP contribution is -2.17. The summed E-state index contributed by atoms with van der Waals surface area (Å²) in [5, 5.41) is 9.66. The number of aryl methyl sites for hydroxylation is 1. The van der Waals surface area contributed by atoms with Crippen molar-refractivity contribution < 1.29 is 23.0 Å². The number of ether oxygens (including phenoxy) is 1. The highest BCUT2D eigenvalue weighted by Gasteiger charge is 2.31. The maximum atomic E-state index is 12.1. The van der Waals surface area contributed by atoms with Gasteiger partial charge in [0.1, 0.15) is 11.5 Å². The summed E-state index contributed by atoms with van der Waals surface area (Å²) < 4.78 is 40.0. The highest BCUT2D eigenvalue weighted by molar-refractivity contribution is 5.61. The van der Waals surface area contributed by atoms with E-state index in [0.717, 1.165) is 18.6 Å². The van der Waals surface area contributed by atoms with Gasteiger partial charge in [-0.2, -0.15) is 0 Å². The molecule has 2 nitrogen and oxygen atoms in total. The Hall–Kier alpha value is -1.65. The number of halogens is 3. The van der Waals surface area contributed by atoms with Crippen LogP contribution in [-0.4, -0.2) is 11.5 Å². The third kappa shape index (κ3) is 4.01. The quantitative estimate of drug-likeness (QED) is 0.872. The van der Waals surface area contributed by atoms with Crippen molar-refractivity contribution in [3.8, 4) is 11.5 Å². The normalized spacial score (nSPS) is 12.1. The lowest BCUT2D eigenvalue weighted by Gasteiger charge is -2.11. The van der Waals surface area contributed by atoms with Crippen LogP contribution >= 0.6 is 0 Å². The predicted molar refractivity (Wildman–Crippen MR) is 58.9 cm³/mol. The standard InChI is InChI=1S/C12H13F3O2/c1-3-4-5-9-7-10(17-12(13,14)15)6-8(2)11(9)16/h4-7,16H,3H2,1-2H3/b5-4-. The Morgan fingerprint density at radius 1 is 1.35 bits per heavy atom. The second-order valence-corrected chi connectivity index (χ2v) is 3.54. The van der Waals surface area contributed by atoms with Crippen LogP contribution in [0.25, 0.3) is 6.08 Å². The molecule has 0 saturated heterocycles. The van der Waals surface area contributed by atoms with Crippen LogP contribution in [0.15, 0.2) is 18.2 Å². The van der Waals surface area contributed by atoms with E-state index >= 15 is 0 Å². The molecule has 0 unspecified atom stereocenters. The molecule has 1 aromatic carbocycles. The van der Waals surface area contributed by atoms with Crippen LogP contribution in [0.3, 0.4) is 0 Å². The summed E-state index contributed by atoms with van der Waals surface area (Å²) in [5.74, 6) is -0.368. The highest BCUT2D eigenvalue weighted by Crippen LogP contribution is 2.31. The molecule has 5 heteroatoms. The van der Waals surface area contributed by atoms with Crippen molar-refractivity contribution >= 4 is 6.08 Å². The first-order valence-electron chi connectivity index (χ1n) is 5.09. The van der Waals surface area contributed by atoms with Crippen molar-refractivity contribution in [2.24, 2.45) is 0 Å². The molecule has 0 amide bonds. The SMILES string of the molecule is CC/C=C\c1cc(OC(F)(F)F)cc(C)c1O. The van der Waals surface area contributed by atoms with E-state index in [2.05, 4.69) is 4.74 Å². The molecule has 0 aliphatic carbocycles. The van der Waals surface area contributed by atoms with Crippen LogP contribution in [0.1, 0.15) is 24.5 Å². The van der Waals surface area contributed by atoms with Gasteiger partial charge in [-0.25, -0.2) is 0 Å². The first kappa shape index (κ1) is 13.4. The molecule has 0 atom stereocenters. The zero-order valence-corrected chi connectivity index (χ0v) is 9.51. The number of aromatic hydroxyl groups is 1. The smallest absolute Gasteiger partial charge is 0.507 e. The molecule has 0 aliphatic rings. The van der Waals surface area contributed by atoms with Crippen LogP contribution in [0, 0.1) is 6.92 Å². The summed E-state index contributed by atoms with van der Waals surface area (Å²) in [6.45, 7) is 3.40. The summed E-state index contributed by atoms with van der Waals surface area (Å²) in [4.78, 5) is 0. The molecular weight excluding hydrogens is 233 g/mol. The Morgan fingerprint density at radius 3 is 2.53 bits per heavy atom. The second kappa shape index (κ2) is 5.12. The van der Waals surface area contributed by atoms with Crippen LogP contribution < -0.4 is 4.74 Å². The molecule has 0 fully saturated rings. The number of alkyl halides is 3. The van der Waals surface area contributed by atoms with Crippen molar-refractivity contribution in [3.05, 3.63) is 29.3 Å². The molecule has 0 bridgehead atoms. The molecule has 0 radical (unpaired) electrons. The van der Waals surface area contributed by atoms with Crippen LogP contribution in [-0.2, 0) is 0 Å². The van der Waals surface area contributed by atoms with Gasteiger partial charge in [-0.1, -0.05) is 19.1 Å². The third-order valence-corrected chi connectivity index (χ3v) is 2.07. The Bertz CT molecular complexity index is 422. The second-order valence-electron chi connectivity index (χ2n) is 3.54. The van der Waals surface area contributed by atoms with Gasteiger partial charge in [0.15, 0.2) is 0 Å². The predicted octanol–water partition coefficient (Wildman–Crippen LogP) is 4.02. The van der Waals surface area contributed by atoms with Gasteiger partial charge in [-0.3, -0.25) is 0 Å². The van der Waals surface area contributed by atoms with Crippen molar-refractivity contribution in [1.29, 1.82) is 0 Å². The van der Waals surface area contributed by atoms with E-state index < -0.39 is 6.36 Å². The van der Waals surface area contributed by atoms with Gasteiger partial charge in [-0.15, -0.1) is 13.2 Å². The summed E-state index contributed by atoms with van der Waals surface area (Å²) in [6.07, 6.45) is -0.699. The van der Waals surface area contributed by atoms with E-state index in [1.165, 1.54) is 6.92 Å². The first-order chi connectivity index (χ1) is 7.83. The number of phenols is 1. The number of phenolic OH excluding ortho intramolecular Hbond substituents is 1. The molecule has 1 N–H and O–H groups in total. The van der Waals surface area contributed by atoms with Crippen molar-refractivity contribution in [1.82, 2.24) is 0 Å². The van der Waals surface area contributed by atoms with Crippen molar-refractivity contribution in [3.63, 3.8) is 0 Å². The van der Waals surface area contributed by atoms with Gasteiger partial charge in [0, 0.05) is 5.56 Å². The molecule has 0 aliphatic heterocycles. The number of rotatable bonds is 3. The van der Waals surface area contributed by atoms with Gasteiger partial charge >= 0.3 is 6.36 Å². The number of benzene rings is 1. The lowest BCUT2D eigenvalue weighted by molar-refractivity contribution is -0.274. The number of hydrogen-bond donors (Lipinski definition) is 1. The minimum atomic E-state index is -4.73. The third-order valence-electron chi connectivity index (χ3n) is 2.07. The zero-order chi connectivity index (χ0) is 13.1. The van der Waals surface area contributed by atoms with Gasteiger partial charge in [0.25, 0.3) is 0 Å². The molecular formula is C12H13F3O2. The van der Waals surface area contributed by atoms with Crippen molar-refractivity contribution in [2.75, 3.05) is 0 Å². The summed E-state index contributed by atoms with van der Waals surface area (Å²) in [5.41, 5.74) is 0.647. The largest absolute Gasteiger partial charge is 0.573 e. The Labute approximate surface area is 97.3 Å². The molecule has 0 aromatic heterocycles. The monoisotopic (exact) mass is 246 g/mol. The number of allylic oxidation sites excluding steroid dienone is 1. The fraction of sp³-hybridized carbons (Fsp3) is 0.333. The first-order valence-corrected chi connectivity index (χ1v) is 5.09. The maximum Gasteiger partial charge on any atom is 0.573 e. The van der Waals surface area contributed by atoms with Crippen LogP contribution in [0.5, 0.6) is 11.5 Å². The Morgan fingerprint density at radius 2 is 2.00 bits per heavy atom. The summed E-state index contributed by atoms with van der Waals surface area (Å²) >= 11 is 0. The summed E-state index contributed by atoms with van der Waals surface area (Å²) in [6, 6.07) is 2.30. The van der Waals surface area contributed by atoms with Crippen LogP contribution in [0.4, 0.5) is 13.2 Å². The van der Waals surface area contributed by atoms with E-state index in [1.807, 2.05) is 6.92 Å². The van der Waals surface area contributed by atoms with Gasteiger partial charge < -0.3 is 9.84 Å². The maximum absolute atomic E-state index is 12.1. The van der Waals surface area contributed by atoms with Gasteiger partial charge in [-0.05, 0) is 31.0 Å². The van der Waals surface area contributed by atoms with E-state index in [1.54, 1.807) is 12.2 Å². The molecule has 17 heavy (non-hydrogen) atoms. The van der Waals surface area contributed by atoms with Gasteiger partial charge in [0.05, 0.1) is 0 Å². The minimum absolute atomic E-state index is 0.0378. The molecule has 1 rings (SSSR count). The molecule has 94 valence electrons. The molecule has 0 saturated carbocycles. The molecule has 0 heterocycles. The fourth-order valence-corrected chi connectivity index (χ4v) is 1.34. The Kier molecular flexibility index (Phi) is 4.04. The average molecular weight is 246 g/mol. The van der Waals surface area contributed by atoms with Crippen molar-refractivity contribution in [2.45, 2.75) is 26.6 Å². The highest BCUT2D eigenvalue weighted by atomic mass is 19.4. The lowest BCUT2D eigenvalue weighted by atomic mass is 10.1. The zero-order valence-electron chi connectivity index (χ0n) is 9.51. The number of hydrogen-bond acceptors (Lipinski definition) is 2. The average Bonchev–Trinajstić information content (AvgIpc) is 2.18. The van der Waals surface area contributed by atoms with Crippen LogP contribution in [0.2, 0.25) is 0 Å². The van der Waals surface area contributed by atoms with E-state index in [4.69, 9.17) is 0 Å². The molecule has 0 spiro atoms. The Balaban J connectivity index is 3.10. The van der Waals surface area contributed by atoms with Gasteiger partial charge in [0.2, 0.25) is 0 Å².